The van der Waals surface area contributed by atoms with Crippen LogP contribution in [0.1, 0.15) is 16.7 Å². The van der Waals surface area contributed by atoms with Crippen molar-refractivity contribution in [1.82, 2.24) is 0 Å². The van der Waals surface area contributed by atoms with Crippen LogP contribution in [0.3, 0.4) is 0 Å². The number of ether oxygens (including phenoxy) is 1. The largest absolute Gasteiger partial charge is 0.466 e. The first-order chi connectivity index (χ1) is 11.1. The van der Waals surface area contributed by atoms with Gasteiger partial charge in [-0.3, -0.25) is 10.1 Å². The second-order valence-electron chi connectivity index (χ2n) is 4.67. The standard InChI is InChI=1S/C18H15NO4/c1-23-18(20)12-11-16-7-3-2-6-15(16)10-9-14-5-4-8-17(13-14)19(21)22/h2-13H,1H3. The molecule has 0 N–H and O–H groups in total. The van der Waals surface area contributed by atoms with Crippen molar-refractivity contribution in [1.29, 1.82) is 0 Å². The zero-order chi connectivity index (χ0) is 16.7. The first-order valence-corrected chi connectivity index (χ1v) is 6.88. The molecule has 2 rings (SSSR count). The Morgan fingerprint density at radius 1 is 1.04 bits per heavy atom. The van der Waals surface area contributed by atoms with E-state index in [9.17, 15) is 14.9 Å². The highest BCUT2D eigenvalue weighted by molar-refractivity contribution is 5.88. The van der Waals surface area contributed by atoms with Crippen LogP contribution in [0, 0.1) is 10.1 Å². The summed E-state index contributed by atoms with van der Waals surface area (Å²) >= 11 is 0. The van der Waals surface area contributed by atoms with Crippen molar-refractivity contribution in [2.75, 3.05) is 7.11 Å². The lowest BCUT2D eigenvalue weighted by Gasteiger charge is -2.01. The predicted molar refractivity (Wildman–Crippen MR) is 89.5 cm³/mol. The van der Waals surface area contributed by atoms with Gasteiger partial charge in [-0.2, -0.15) is 0 Å². The maximum atomic E-state index is 11.2. The lowest BCUT2D eigenvalue weighted by atomic mass is 10.1. The molecule has 0 saturated carbocycles. The van der Waals surface area contributed by atoms with E-state index in [1.54, 1.807) is 24.3 Å². The summed E-state index contributed by atoms with van der Waals surface area (Å²) in [6.07, 6.45) is 6.65. The summed E-state index contributed by atoms with van der Waals surface area (Å²) in [7, 11) is 1.32. The molecule has 0 radical (unpaired) electrons. The highest BCUT2D eigenvalue weighted by Crippen LogP contribution is 2.18. The van der Waals surface area contributed by atoms with Crippen LogP contribution >= 0.6 is 0 Å². The van der Waals surface area contributed by atoms with Crippen LogP contribution in [0.25, 0.3) is 18.2 Å². The third kappa shape index (κ3) is 4.64. The molecule has 0 saturated heterocycles. The van der Waals surface area contributed by atoms with E-state index in [4.69, 9.17) is 0 Å². The number of carbonyl (C=O) groups is 1. The molecule has 5 heteroatoms. The van der Waals surface area contributed by atoms with E-state index in [0.29, 0.717) is 0 Å². The molecule has 0 atom stereocenters. The first-order valence-electron chi connectivity index (χ1n) is 6.88. The lowest BCUT2D eigenvalue weighted by molar-refractivity contribution is -0.384. The number of non-ortho nitro benzene ring substituents is 1. The predicted octanol–water partition coefficient (Wildman–Crippen LogP) is 3.95. The fourth-order valence-electron chi connectivity index (χ4n) is 1.97. The summed E-state index contributed by atoms with van der Waals surface area (Å²) in [6, 6.07) is 13.9. The van der Waals surface area contributed by atoms with Gasteiger partial charge in [-0.15, -0.1) is 0 Å². The van der Waals surface area contributed by atoms with Gasteiger partial charge in [0.05, 0.1) is 12.0 Å². The minimum atomic E-state index is -0.428. The number of hydrogen-bond acceptors (Lipinski definition) is 4. The zero-order valence-corrected chi connectivity index (χ0v) is 12.5. The van der Waals surface area contributed by atoms with E-state index in [1.807, 2.05) is 30.3 Å². The fraction of sp³-hybridized carbons (Fsp3) is 0.0556. The molecule has 116 valence electrons. The summed E-state index contributed by atoms with van der Waals surface area (Å²) in [6.45, 7) is 0. The summed E-state index contributed by atoms with van der Waals surface area (Å²) in [5.41, 5.74) is 2.51. The fourth-order valence-corrected chi connectivity index (χ4v) is 1.97. The number of esters is 1. The molecule has 0 bridgehead atoms. The van der Waals surface area contributed by atoms with Gasteiger partial charge in [-0.1, -0.05) is 48.6 Å². The Morgan fingerprint density at radius 2 is 1.74 bits per heavy atom. The van der Waals surface area contributed by atoms with Gasteiger partial charge < -0.3 is 4.74 Å². The normalized spacial score (nSPS) is 11.0. The quantitative estimate of drug-likeness (QED) is 0.276. The molecular formula is C18H15NO4. The molecular weight excluding hydrogens is 294 g/mol. The van der Waals surface area contributed by atoms with Crippen molar-refractivity contribution < 1.29 is 14.5 Å². The van der Waals surface area contributed by atoms with Crippen LogP contribution in [0.5, 0.6) is 0 Å². The smallest absolute Gasteiger partial charge is 0.330 e. The highest BCUT2D eigenvalue weighted by Gasteiger charge is 2.04. The summed E-state index contributed by atoms with van der Waals surface area (Å²) in [4.78, 5) is 21.5. The monoisotopic (exact) mass is 309 g/mol. The van der Waals surface area contributed by atoms with Gasteiger partial charge in [0.15, 0.2) is 0 Å². The minimum Gasteiger partial charge on any atom is -0.466 e. The van der Waals surface area contributed by atoms with E-state index < -0.39 is 10.9 Å². The van der Waals surface area contributed by atoms with Crippen LogP contribution in [0.15, 0.2) is 54.6 Å². The second-order valence-corrected chi connectivity index (χ2v) is 4.67. The molecule has 0 aliphatic carbocycles. The Morgan fingerprint density at radius 3 is 2.39 bits per heavy atom. The Balaban J connectivity index is 2.26. The van der Waals surface area contributed by atoms with Crippen LogP contribution in [-0.2, 0) is 9.53 Å². The second kappa shape index (κ2) is 7.70. The minimum absolute atomic E-state index is 0.0472. The number of nitro benzene ring substituents is 1. The molecule has 0 aromatic heterocycles. The molecule has 2 aromatic carbocycles. The molecule has 2 aromatic rings. The molecule has 0 aliphatic rings. The number of carbonyl (C=O) groups excluding carboxylic acids is 1. The average molecular weight is 309 g/mol. The first kappa shape index (κ1) is 16.2. The third-order valence-corrected chi connectivity index (χ3v) is 3.13. The van der Waals surface area contributed by atoms with Gasteiger partial charge in [-0.05, 0) is 22.8 Å². The third-order valence-electron chi connectivity index (χ3n) is 3.13. The Labute approximate surface area is 133 Å². The molecule has 0 unspecified atom stereocenters. The van der Waals surface area contributed by atoms with Crippen molar-refractivity contribution in [2.45, 2.75) is 0 Å². The van der Waals surface area contributed by atoms with Crippen molar-refractivity contribution in [3.8, 4) is 0 Å². The van der Waals surface area contributed by atoms with Gasteiger partial charge in [0, 0.05) is 18.2 Å². The van der Waals surface area contributed by atoms with E-state index >= 15 is 0 Å². The topological polar surface area (TPSA) is 69.4 Å². The highest BCUT2D eigenvalue weighted by atomic mass is 16.6. The van der Waals surface area contributed by atoms with Gasteiger partial charge in [0.25, 0.3) is 5.69 Å². The lowest BCUT2D eigenvalue weighted by Crippen LogP contribution is -1.93. The number of nitro groups is 1. The van der Waals surface area contributed by atoms with E-state index in [-0.39, 0.29) is 5.69 Å². The van der Waals surface area contributed by atoms with Crippen LogP contribution in [-0.4, -0.2) is 18.0 Å². The van der Waals surface area contributed by atoms with E-state index in [2.05, 4.69) is 4.74 Å². The number of methoxy groups -OCH3 is 1. The van der Waals surface area contributed by atoms with Crippen molar-refractivity contribution in [2.24, 2.45) is 0 Å². The molecule has 0 heterocycles. The Bertz CT molecular complexity index is 778. The summed E-state index contributed by atoms with van der Waals surface area (Å²) in [5.74, 6) is -0.428. The Hall–Kier alpha value is -3.21. The van der Waals surface area contributed by atoms with Gasteiger partial charge in [0.1, 0.15) is 0 Å². The van der Waals surface area contributed by atoms with Gasteiger partial charge >= 0.3 is 5.97 Å². The van der Waals surface area contributed by atoms with Crippen LogP contribution in [0.4, 0.5) is 5.69 Å². The maximum absolute atomic E-state index is 11.2. The molecule has 0 aliphatic heterocycles. The van der Waals surface area contributed by atoms with Crippen molar-refractivity contribution in [3.05, 3.63) is 81.4 Å². The van der Waals surface area contributed by atoms with E-state index in [0.717, 1.165) is 16.7 Å². The number of benzene rings is 2. The SMILES string of the molecule is COC(=O)C=Cc1ccccc1C=Cc1cccc([N+](=O)[O-])c1. The van der Waals surface area contributed by atoms with E-state index in [1.165, 1.54) is 25.3 Å². The maximum Gasteiger partial charge on any atom is 0.330 e. The van der Waals surface area contributed by atoms with Crippen molar-refractivity contribution in [3.63, 3.8) is 0 Å². The van der Waals surface area contributed by atoms with Gasteiger partial charge in [-0.25, -0.2) is 4.79 Å². The van der Waals surface area contributed by atoms with Crippen molar-refractivity contribution >= 4 is 29.9 Å². The van der Waals surface area contributed by atoms with Gasteiger partial charge in [0.2, 0.25) is 0 Å². The summed E-state index contributed by atoms with van der Waals surface area (Å²) < 4.78 is 4.57. The van der Waals surface area contributed by atoms with Crippen LogP contribution in [0.2, 0.25) is 0 Å². The zero-order valence-electron chi connectivity index (χ0n) is 12.5. The molecule has 0 spiro atoms. The molecule has 5 nitrogen and oxygen atoms in total. The molecule has 0 fully saturated rings. The number of rotatable bonds is 5. The number of nitrogens with zero attached hydrogens (tertiary/aromatic N) is 1. The Kier molecular flexibility index (Phi) is 5.41. The molecule has 0 amide bonds. The molecule has 23 heavy (non-hydrogen) atoms. The number of hydrogen-bond donors (Lipinski definition) is 0. The average Bonchev–Trinajstić information content (AvgIpc) is 2.58. The van der Waals surface area contributed by atoms with Crippen LogP contribution < -0.4 is 0 Å². The summed E-state index contributed by atoms with van der Waals surface area (Å²) in [5, 5.41) is 10.8.